The molecule has 0 aromatic carbocycles. The smallest absolute Gasteiger partial charge is 0.303 e. The van der Waals surface area contributed by atoms with Gasteiger partial charge in [-0.15, -0.1) is 11.3 Å². The minimum atomic E-state index is -0.849. The Morgan fingerprint density at radius 3 is 2.95 bits per heavy atom. The van der Waals surface area contributed by atoms with Crippen molar-refractivity contribution in [2.24, 2.45) is 0 Å². The van der Waals surface area contributed by atoms with Crippen molar-refractivity contribution < 1.29 is 19.1 Å². The molecule has 21 heavy (non-hydrogen) atoms. The normalized spacial score (nSPS) is 10.5. The molecule has 0 aliphatic rings. The van der Waals surface area contributed by atoms with Crippen LogP contribution < -0.4 is 0 Å². The van der Waals surface area contributed by atoms with Gasteiger partial charge in [-0.2, -0.15) is 0 Å². The Hall–Kier alpha value is -2.15. The van der Waals surface area contributed by atoms with Crippen molar-refractivity contribution >= 4 is 23.2 Å². The van der Waals surface area contributed by atoms with E-state index in [1.165, 1.54) is 16.2 Å². The predicted molar refractivity (Wildman–Crippen MR) is 78.0 cm³/mol. The molecular formula is C14H16N2O4S. The number of carboxylic acids is 1. The molecule has 0 atom stereocenters. The maximum Gasteiger partial charge on any atom is 0.303 e. The van der Waals surface area contributed by atoms with Gasteiger partial charge in [0.1, 0.15) is 0 Å². The van der Waals surface area contributed by atoms with Crippen molar-refractivity contribution in [3.8, 4) is 10.8 Å². The molecule has 0 spiro atoms. The Labute approximate surface area is 126 Å². The number of nitrogens with zero attached hydrogens (tertiary/aromatic N) is 2. The topological polar surface area (TPSA) is 83.6 Å². The standard InChI is InChI=1S/C14H16N2O4S/c1-16(6-2-5-13(18)19)12(17)8-10-9-21-14(15-10)11-4-3-7-20-11/h3-4,7,9H,2,5-6,8H2,1H3,(H,18,19). The zero-order valence-electron chi connectivity index (χ0n) is 11.6. The van der Waals surface area contributed by atoms with Crippen molar-refractivity contribution in [3.63, 3.8) is 0 Å². The van der Waals surface area contributed by atoms with Gasteiger partial charge in [0, 0.05) is 25.4 Å². The lowest BCUT2D eigenvalue weighted by molar-refractivity contribution is -0.138. The van der Waals surface area contributed by atoms with E-state index in [0.717, 1.165) is 5.01 Å². The monoisotopic (exact) mass is 308 g/mol. The van der Waals surface area contributed by atoms with E-state index in [0.29, 0.717) is 24.4 Å². The maximum absolute atomic E-state index is 12.0. The molecule has 2 aromatic heterocycles. The van der Waals surface area contributed by atoms with E-state index in [1.54, 1.807) is 19.4 Å². The molecule has 0 saturated carbocycles. The summed E-state index contributed by atoms with van der Waals surface area (Å²) < 4.78 is 5.26. The number of hydrogen-bond acceptors (Lipinski definition) is 5. The van der Waals surface area contributed by atoms with E-state index < -0.39 is 5.97 Å². The maximum atomic E-state index is 12.0. The van der Waals surface area contributed by atoms with Crippen LogP contribution in [-0.2, 0) is 16.0 Å². The van der Waals surface area contributed by atoms with Crippen LogP contribution in [0.1, 0.15) is 18.5 Å². The first-order chi connectivity index (χ1) is 10.1. The van der Waals surface area contributed by atoms with E-state index in [4.69, 9.17) is 9.52 Å². The van der Waals surface area contributed by atoms with E-state index >= 15 is 0 Å². The molecule has 2 rings (SSSR count). The summed E-state index contributed by atoms with van der Waals surface area (Å²) in [7, 11) is 1.67. The summed E-state index contributed by atoms with van der Waals surface area (Å²) in [5.74, 6) is -0.233. The van der Waals surface area contributed by atoms with Crippen molar-refractivity contribution in [2.45, 2.75) is 19.3 Å². The van der Waals surface area contributed by atoms with Gasteiger partial charge in [-0.25, -0.2) is 4.98 Å². The average Bonchev–Trinajstić information content (AvgIpc) is 3.07. The quantitative estimate of drug-likeness (QED) is 0.848. The highest BCUT2D eigenvalue weighted by atomic mass is 32.1. The van der Waals surface area contributed by atoms with E-state index in [1.807, 2.05) is 11.4 Å². The number of thiazole rings is 1. The Bertz CT molecular complexity index is 606. The summed E-state index contributed by atoms with van der Waals surface area (Å²) in [6.07, 6.45) is 2.31. The predicted octanol–water partition coefficient (Wildman–Crippen LogP) is 2.27. The number of carboxylic acid groups (broad SMARTS) is 1. The van der Waals surface area contributed by atoms with Gasteiger partial charge in [0.25, 0.3) is 0 Å². The Morgan fingerprint density at radius 2 is 2.29 bits per heavy atom. The average molecular weight is 308 g/mol. The lowest BCUT2D eigenvalue weighted by Gasteiger charge is -2.15. The molecule has 2 heterocycles. The number of carbonyl (C=O) groups is 2. The molecule has 7 heteroatoms. The van der Waals surface area contributed by atoms with Gasteiger partial charge >= 0.3 is 5.97 Å². The van der Waals surface area contributed by atoms with Crippen molar-refractivity contribution in [1.29, 1.82) is 0 Å². The summed E-state index contributed by atoms with van der Waals surface area (Å²) in [6, 6.07) is 3.61. The van der Waals surface area contributed by atoms with Crippen molar-refractivity contribution in [2.75, 3.05) is 13.6 Å². The minimum Gasteiger partial charge on any atom is -0.481 e. The van der Waals surface area contributed by atoms with E-state index in [9.17, 15) is 9.59 Å². The highest BCUT2D eigenvalue weighted by molar-refractivity contribution is 7.13. The molecule has 0 fully saturated rings. The fraction of sp³-hybridized carbons (Fsp3) is 0.357. The van der Waals surface area contributed by atoms with Gasteiger partial charge in [0.05, 0.1) is 18.4 Å². The second-order valence-corrected chi connectivity index (χ2v) is 5.47. The summed E-state index contributed by atoms with van der Waals surface area (Å²) in [5.41, 5.74) is 0.696. The van der Waals surface area contributed by atoms with Crippen LogP contribution in [-0.4, -0.2) is 40.5 Å². The molecule has 2 aromatic rings. The van der Waals surface area contributed by atoms with Gasteiger partial charge in [0.2, 0.25) is 5.91 Å². The summed E-state index contributed by atoms with van der Waals surface area (Å²) in [5, 5.41) is 11.2. The molecule has 112 valence electrons. The first-order valence-electron chi connectivity index (χ1n) is 6.50. The second-order valence-electron chi connectivity index (χ2n) is 4.61. The molecule has 0 aliphatic heterocycles. The first kappa shape index (κ1) is 15.2. The van der Waals surface area contributed by atoms with Crippen LogP contribution >= 0.6 is 11.3 Å². The van der Waals surface area contributed by atoms with E-state index in [2.05, 4.69) is 4.98 Å². The molecule has 1 amide bonds. The molecule has 0 aliphatic carbocycles. The fourth-order valence-corrected chi connectivity index (χ4v) is 2.57. The SMILES string of the molecule is CN(CCCC(=O)O)C(=O)Cc1csc(-c2ccco2)n1. The van der Waals surface area contributed by atoms with Gasteiger partial charge in [-0.05, 0) is 18.6 Å². The molecule has 0 saturated heterocycles. The van der Waals surface area contributed by atoms with Crippen molar-refractivity contribution in [1.82, 2.24) is 9.88 Å². The fourth-order valence-electron chi connectivity index (χ4n) is 1.78. The van der Waals surface area contributed by atoms with Gasteiger partial charge < -0.3 is 14.4 Å². The van der Waals surface area contributed by atoms with E-state index in [-0.39, 0.29) is 18.7 Å². The van der Waals surface area contributed by atoms with Crippen LogP contribution in [0.25, 0.3) is 10.8 Å². The summed E-state index contributed by atoms with van der Waals surface area (Å²) >= 11 is 1.43. The van der Waals surface area contributed by atoms with Crippen LogP contribution in [0.15, 0.2) is 28.2 Å². The number of rotatable bonds is 7. The third-order valence-corrected chi connectivity index (χ3v) is 3.83. The van der Waals surface area contributed by atoms with Crippen LogP contribution in [0.4, 0.5) is 0 Å². The zero-order chi connectivity index (χ0) is 15.2. The van der Waals surface area contributed by atoms with Crippen molar-refractivity contribution in [3.05, 3.63) is 29.5 Å². The number of amides is 1. The molecule has 0 unspecified atom stereocenters. The lowest BCUT2D eigenvalue weighted by Crippen LogP contribution is -2.29. The summed E-state index contributed by atoms with van der Waals surface area (Å²) in [4.78, 5) is 28.3. The second kappa shape index (κ2) is 7.03. The molecule has 1 N–H and O–H groups in total. The molecular weight excluding hydrogens is 292 g/mol. The largest absolute Gasteiger partial charge is 0.481 e. The lowest BCUT2D eigenvalue weighted by atomic mass is 10.2. The number of aromatic nitrogens is 1. The molecule has 6 nitrogen and oxygen atoms in total. The Morgan fingerprint density at radius 1 is 1.48 bits per heavy atom. The van der Waals surface area contributed by atoms with Crippen LogP contribution in [0.5, 0.6) is 0 Å². The molecule has 0 radical (unpaired) electrons. The van der Waals surface area contributed by atoms with Crippen LogP contribution in [0, 0.1) is 0 Å². The number of furan rings is 1. The number of likely N-dealkylation sites (N-methyl/N-ethyl adjacent to an activating group) is 1. The highest BCUT2D eigenvalue weighted by Gasteiger charge is 2.13. The van der Waals surface area contributed by atoms with Crippen LogP contribution in [0.3, 0.4) is 0 Å². The molecule has 0 bridgehead atoms. The number of aliphatic carboxylic acids is 1. The van der Waals surface area contributed by atoms with Gasteiger partial charge in [-0.1, -0.05) is 0 Å². The Kier molecular flexibility index (Phi) is 5.10. The summed E-state index contributed by atoms with van der Waals surface area (Å²) in [6.45, 7) is 0.431. The minimum absolute atomic E-state index is 0.0664. The number of hydrogen-bond donors (Lipinski definition) is 1. The first-order valence-corrected chi connectivity index (χ1v) is 7.38. The Balaban J connectivity index is 1.86. The van der Waals surface area contributed by atoms with Gasteiger partial charge in [-0.3, -0.25) is 9.59 Å². The zero-order valence-corrected chi connectivity index (χ0v) is 12.4. The highest BCUT2D eigenvalue weighted by Crippen LogP contribution is 2.24. The van der Waals surface area contributed by atoms with Gasteiger partial charge in [0.15, 0.2) is 10.8 Å². The van der Waals surface area contributed by atoms with Crippen LogP contribution in [0.2, 0.25) is 0 Å². The third kappa shape index (κ3) is 4.42. The number of carbonyl (C=O) groups excluding carboxylic acids is 1. The third-order valence-electron chi connectivity index (χ3n) is 2.93.